The van der Waals surface area contributed by atoms with Gasteiger partial charge in [-0.2, -0.15) is 0 Å². The van der Waals surface area contributed by atoms with Crippen LogP contribution in [0, 0.1) is 5.82 Å². The van der Waals surface area contributed by atoms with E-state index in [1.54, 1.807) is 12.1 Å². The van der Waals surface area contributed by atoms with Gasteiger partial charge in [-0.3, -0.25) is 9.52 Å². The largest absolute Gasteiger partial charge is 0.484 e. The van der Waals surface area contributed by atoms with Gasteiger partial charge in [-0.15, -0.1) is 0 Å². The van der Waals surface area contributed by atoms with Crippen LogP contribution in [0.3, 0.4) is 0 Å². The number of carbonyl (C=O) groups is 1. The first-order valence-electron chi connectivity index (χ1n) is 8.06. The summed E-state index contributed by atoms with van der Waals surface area (Å²) in [5.74, 6) is -0.531. The molecule has 0 aliphatic rings. The van der Waals surface area contributed by atoms with Gasteiger partial charge in [-0.05, 0) is 42.3 Å². The standard InChI is InChI=1S/C19H21FN2O4S/c1-13(2)15-5-7-16(8-6-15)26-12-19(23)21-11-14-4-9-18(17(20)10-14)22-27(3,24)25/h4-10,22H,1,11-12H2,2-3H3,(H,21,23). The number of sulfonamides is 1. The van der Waals surface area contributed by atoms with E-state index >= 15 is 0 Å². The number of ether oxygens (including phenoxy) is 1. The lowest BCUT2D eigenvalue weighted by molar-refractivity contribution is -0.123. The number of benzene rings is 2. The van der Waals surface area contributed by atoms with Crippen LogP contribution in [0.4, 0.5) is 10.1 Å². The van der Waals surface area contributed by atoms with Gasteiger partial charge in [0, 0.05) is 6.54 Å². The van der Waals surface area contributed by atoms with E-state index in [0.717, 1.165) is 23.5 Å². The number of nitrogens with one attached hydrogen (secondary N) is 2. The van der Waals surface area contributed by atoms with Gasteiger partial charge >= 0.3 is 0 Å². The van der Waals surface area contributed by atoms with Gasteiger partial charge in [0.2, 0.25) is 10.0 Å². The molecule has 0 saturated heterocycles. The molecule has 2 rings (SSSR count). The highest BCUT2D eigenvalue weighted by molar-refractivity contribution is 7.92. The molecule has 27 heavy (non-hydrogen) atoms. The van der Waals surface area contributed by atoms with Gasteiger partial charge in [0.05, 0.1) is 11.9 Å². The molecule has 0 spiro atoms. The van der Waals surface area contributed by atoms with Crippen LogP contribution in [0.1, 0.15) is 18.1 Å². The fraction of sp³-hybridized carbons (Fsp3) is 0.211. The summed E-state index contributed by atoms with van der Waals surface area (Å²) in [7, 11) is -3.56. The van der Waals surface area contributed by atoms with Gasteiger partial charge in [-0.25, -0.2) is 12.8 Å². The quantitative estimate of drug-likeness (QED) is 0.723. The Kier molecular flexibility index (Phi) is 6.57. The molecule has 0 fully saturated rings. The van der Waals surface area contributed by atoms with Crippen LogP contribution < -0.4 is 14.8 Å². The molecule has 0 unspecified atom stereocenters. The predicted octanol–water partition coefficient (Wildman–Crippen LogP) is 2.93. The predicted molar refractivity (Wildman–Crippen MR) is 103 cm³/mol. The van der Waals surface area contributed by atoms with Crippen molar-refractivity contribution in [2.45, 2.75) is 13.5 Å². The minimum atomic E-state index is -3.56. The van der Waals surface area contributed by atoms with Crippen molar-refractivity contribution in [3.8, 4) is 5.75 Å². The summed E-state index contributed by atoms with van der Waals surface area (Å²) in [4.78, 5) is 11.9. The molecule has 0 aliphatic carbocycles. The van der Waals surface area contributed by atoms with Crippen molar-refractivity contribution in [1.29, 1.82) is 0 Å². The lowest BCUT2D eigenvalue weighted by atomic mass is 10.1. The highest BCUT2D eigenvalue weighted by Gasteiger charge is 2.09. The first-order valence-corrected chi connectivity index (χ1v) is 9.95. The minimum Gasteiger partial charge on any atom is -0.484 e. The van der Waals surface area contributed by atoms with E-state index in [0.29, 0.717) is 11.3 Å². The Morgan fingerprint density at radius 2 is 1.85 bits per heavy atom. The summed E-state index contributed by atoms with van der Waals surface area (Å²) in [6.45, 7) is 5.66. The molecule has 2 aromatic rings. The maximum atomic E-state index is 13.9. The zero-order valence-electron chi connectivity index (χ0n) is 15.1. The molecule has 2 aromatic carbocycles. The highest BCUT2D eigenvalue weighted by Crippen LogP contribution is 2.18. The van der Waals surface area contributed by atoms with Gasteiger partial charge in [0.15, 0.2) is 6.61 Å². The first kappa shape index (κ1) is 20.4. The highest BCUT2D eigenvalue weighted by atomic mass is 32.2. The molecule has 0 radical (unpaired) electrons. The lowest BCUT2D eigenvalue weighted by Crippen LogP contribution is -2.28. The number of allylic oxidation sites excluding steroid dienone is 1. The summed E-state index contributed by atoms with van der Waals surface area (Å²) < 4.78 is 43.6. The molecule has 2 N–H and O–H groups in total. The van der Waals surface area contributed by atoms with Crippen molar-refractivity contribution in [2.24, 2.45) is 0 Å². The Hall–Kier alpha value is -2.87. The average Bonchev–Trinajstić information content (AvgIpc) is 2.59. The number of amides is 1. The molecule has 0 saturated carbocycles. The van der Waals surface area contributed by atoms with Crippen molar-refractivity contribution >= 4 is 27.2 Å². The van der Waals surface area contributed by atoms with Crippen molar-refractivity contribution in [2.75, 3.05) is 17.6 Å². The lowest BCUT2D eigenvalue weighted by Gasteiger charge is -2.10. The maximum absolute atomic E-state index is 13.9. The van der Waals surface area contributed by atoms with E-state index in [4.69, 9.17) is 4.74 Å². The van der Waals surface area contributed by atoms with Crippen LogP contribution in [0.25, 0.3) is 5.57 Å². The summed E-state index contributed by atoms with van der Waals surface area (Å²) in [5, 5.41) is 2.61. The van der Waals surface area contributed by atoms with Gasteiger partial charge in [0.25, 0.3) is 5.91 Å². The van der Waals surface area contributed by atoms with Crippen LogP contribution >= 0.6 is 0 Å². The van der Waals surface area contributed by atoms with E-state index in [2.05, 4.69) is 16.6 Å². The number of rotatable bonds is 8. The molecule has 144 valence electrons. The molecule has 0 atom stereocenters. The summed E-state index contributed by atoms with van der Waals surface area (Å²) >= 11 is 0. The molecule has 0 heterocycles. The molecule has 8 heteroatoms. The van der Waals surface area contributed by atoms with E-state index < -0.39 is 15.8 Å². The number of hydrogen-bond acceptors (Lipinski definition) is 4. The van der Waals surface area contributed by atoms with Crippen LogP contribution in [0.15, 0.2) is 49.0 Å². The Bertz CT molecular complexity index is 941. The van der Waals surface area contributed by atoms with E-state index in [9.17, 15) is 17.6 Å². The Balaban J connectivity index is 1.84. The summed E-state index contributed by atoms with van der Waals surface area (Å²) in [5.41, 5.74) is 2.27. The van der Waals surface area contributed by atoms with Gasteiger partial charge in [-0.1, -0.05) is 30.4 Å². The zero-order valence-corrected chi connectivity index (χ0v) is 15.9. The average molecular weight is 392 g/mol. The van der Waals surface area contributed by atoms with E-state index in [1.165, 1.54) is 12.1 Å². The van der Waals surface area contributed by atoms with Crippen LogP contribution in [-0.2, 0) is 21.4 Å². The third-order valence-electron chi connectivity index (χ3n) is 3.54. The van der Waals surface area contributed by atoms with Crippen molar-refractivity contribution in [1.82, 2.24) is 5.32 Å². The molecular weight excluding hydrogens is 371 g/mol. The SMILES string of the molecule is C=C(C)c1ccc(OCC(=O)NCc2ccc(NS(C)(=O)=O)c(F)c2)cc1. The molecular formula is C19H21FN2O4S. The third-order valence-corrected chi connectivity index (χ3v) is 4.13. The monoisotopic (exact) mass is 392 g/mol. The van der Waals surface area contributed by atoms with Crippen LogP contribution in [0.5, 0.6) is 5.75 Å². The smallest absolute Gasteiger partial charge is 0.258 e. The van der Waals surface area contributed by atoms with E-state index in [-0.39, 0.29) is 24.7 Å². The fourth-order valence-corrected chi connectivity index (χ4v) is 2.75. The Labute approximate surface area is 158 Å². The maximum Gasteiger partial charge on any atom is 0.258 e. The molecule has 0 aliphatic heterocycles. The van der Waals surface area contributed by atoms with Crippen molar-refractivity contribution < 1.29 is 22.3 Å². The summed E-state index contributed by atoms with van der Waals surface area (Å²) in [6.07, 6.45) is 0.937. The topological polar surface area (TPSA) is 84.5 Å². The second-order valence-corrected chi connectivity index (χ2v) is 7.81. The van der Waals surface area contributed by atoms with Gasteiger partial charge in [0.1, 0.15) is 11.6 Å². The van der Waals surface area contributed by atoms with Crippen molar-refractivity contribution in [3.05, 3.63) is 66.0 Å². The molecule has 0 bridgehead atoms. The number of anilines is 1. The molecule has 1 amide bonds. The third kappa shape index (κ3) is 6.74. The van der Waals surface area contributed by atoms with Gasteiger partial charge < -0.3 is 10.1 Å². The van der Waals surface area contributed by atoms with Crippen LogP contribution in [0.2, 0.25) is 0 Å². The van der Waals surface area contributed by atoms with Crippen molar-refractivity contribution in [3.63, 3.8) is 0 Å². The molecule has 0 aromatic heterocycles. The molecule has 6 nitrogen and oxygen atoms in total. The second kappa shape index (κ2) is 8.68. The fourth-order valence-electron chi connectivity index (χ4n) is 2.19. The minimum absolute atomic E-state index is 0.0901. The Morgan fingerprint density at radius 1 is 1.19 bits per heavy atom. The van der Waals surface area contributed by atoms with Crippen LogP contribution in [-0.4, -0.2) is 27.2 Å². The number of halogens is 1. The number of hydrogen-bond donors (Lipinski definition) is 2. The zero-order chi connectivity index (χ0) is 20.0. The normalized spacial score (nSPS) is 10.9. The summed E-state index contributed by atoms with van der Waals surface area (Å²) in [6, 6.07) is 11.2. The number of carbonyl (C=O) groups excluding carboxylic acids is 1. The first-order chi connectivity index (χ1) is 12.6. The Morgan fingerprint density at radius 3 is 2.41 bits per heavy atom. The van der Waals surface area contributed by atoms with E-state index in [1.807, 2.05) is 19.1 Å². The second-order valence-electron chi connectivity index (χ2n) is 6.06.